The molecule has 19 heavy (non-hydrogen) atoms. The van der Waals surface area contributed by atoms with Crippen molar-refractivity contribution in [2.24, 2.45) is 5.41 Å². The Morgan fingerprint density at radius 3 is 2.05 bits per heavy atom. The molecule has 1 aliphatic heterocycles. The second kappa shape index (κ2) is 5.81. The van der Waals surface area contributed by atoms with Gasteiger partial charge >= 0.3 is 0 Å². The highest BCUT2D eigenvalue weighted by molar-refractivity contribution is 7.90. The first-order chi connectivity index (χ1) is 8.90. The molecule has 0 bridgehead atoms. The summed E-state index contributed by atoms with van der Waals surface area (Å²) in [5.41, 5.74) is -0.229. The Labute approximate surface area is 116 Å². The minimum Gasteiger partial charge on any atom is -0.343 e. The van der Waals surface area contributed by atoms with Crippen molar-refractivity contribution >= 4 is 15.7 Å². The fourth-order valence-electron chi connectivity index (χ4n) is 3.03. The molecule has 0 aromatic carbocycles. The van der Waals surface area contributed by atoms with E-state index in [0.717, 1.165) is 38.8 Å². The minimum atomic E-state index is -2.98. The smallest absolute Gasteiger partial charge is 0.223 e. The van der Waals surface area contributed by atoms with Gasteiger partial charge in [-0.05, 0) is 31.1 Å². The largest absolute Gasteiger partial charge is 0.343 e. The van der Waals surface area contributed by atoms with Crippen LogP contribution in [-0.2, 0) is 14.6 Å². The van der Waals surface area contributed by atoms with E-state index in [2.05, 4.69) is 0 Å². The van der Waals surface area contributed by atoms with Gasteiger partial charge in [0.1, 0.15) is 9.84 Å². The van der Waals surface area contributed by atoms with Crippen LogP contribution in [0.3, 0.4) is 0 Å². The zero-order chi connectivity index (χ0) is 13.9. The lowest BCUT2D eigenvalue weighted by Crippen LogP contribution is -2.36. The molecule has 0 aromatic rings. The van der Waals surface area contributed by atoms with E-state index in [1.54, 1.807) is 0 Å². The van der Waals surface area contributed by atoms with Gasteiger partial charge in [0.15, 0.2) is 0 Å². The fourth-order valence-corrected chi connectivity index (χ4v) is 4.54. The number of rotatable bonds is 4. The maximum atomic E-state index is 12.3. The molecule has 0 spiro atoms. The van der Waals surface area contributed by atoms with Gasteiger partial charge in [-0.3, -0.25) is 4.79 Å². The van der Waals surface area contributed by atoms with Gasteiger partial charge in [-0.1, -0.05) is 19.3 Å². The van der Waals surface area contributed by atoms with Crippen molar-refractivity contribution in [3.05, 3.63) is 0 Å². The molecule has 0 atom stereocenters. The van der Waals surface area contributed by atoms with Crippen LogP contribution in [0, 0.1) is 5.41 Å². The molecule has 0 aromatic heterocycles. The van der Waals surface area contributed by atoms with Gasteiger partial charge in [0.25, 0.3) is 0 Å². The summed E-state index contributed by atoms with van der Waals surface area (Å²) >= 11 is 0. The second-order valence-electron chi connectivity index (χ2n) is 6.40. The average molecular weight is 287 g/mol. The van der Waals surface area contributed by atoms with Crippen LogP contribution in [0.5, 0.6) is 0 Å². The molecule has 5 heteroatoms. The Morgan fingerprint density at radius 2 is 1.58 bits per heavy atom. The third-order valence-corrected chi connectivity index (χ3v) is 5.40. The Bertz CT molecular complexity index is 418. The highest BCUT2D eigenvalue weighted by Crippen LogP contribution is 2.50. The van der Waals surface area contributed by atoms with Gasteiger partial charge in [0.05, 0.1) is 5.75 Å². The predicted octanol–water partition coefficient (Wildman–Crippen LogP) is 1.99. The molecule has 0 N–H and O–H groups in total. The van der Waals surface area contributed by atoms with Crippen LogP contribution < -0.4 is 0 Å². The lowest BCUT2D eigenvalue weighted by Gasteiger charge is -2.26. The number of hydrogen-bond donors (Lipinski definition) is 0. The summed E-state index contributed by atoms with van der Waals surface area (Å²) < 4.78 is 22.8. The monoisotopic (exact) mass is 287 g/mol. The number of amides is 1. The van der Waals surface area contributed by atoms with Crippen molar-refractivity contribution < 1.29 is 13.2 Å². The predicted molar refractivity (Wildman–Crippen MR) is 75.7 cm³/mol. The molecule has 1 aliphatic carbocycles. The van der Waals surface area contributed by atoms with E-state index < -0.39 is 9.84 Å². The van der Waals surface area contributed by atoms with E-state index in [1.165, 1.54) is 25.5 Å². The zero-order valence-corrected chi connectivity index (χ0v) is 12.7. The van der Waals surface area contributed by atoms with Crippen LogP contribution in [0.4, 0.5) is 0 Å². The van der Waals surface area contributed by atoms with Crippen molar-refractivity contribution in [2.75, 3.05) is 25.1 Å². The van der Waals surface area contributed by atoms with Gasteiger partial charge in [0, 0.05) is 25.8 Å². The molecule has 4 nitrogen and oxygen atoms in total. The highest BCUT2D eigenvalue weighted by atomic mass is 32.2. The summed E-state index contributed by atoms with van der Waals surface area (Å²) in [6, 6.07) is 0. The van der Waals surface area contributed by atoms with Gasteiger partial charge < -0.3 is 4.90 Å². The lowest BCUT2D eigenvalue weighted by atomic mass is 10.0. The number of carbonyl (C=O) groups excluding carboxylic acids is 1. The van der Waals surface area contributed by atoms with Gasteiger partial charge in [-0.25, -0.2) is 8.42 Å². The van der Waals surface area contributed by atoms with E-state index in [9.17, 15) is 13.2 Å². The SMILES string of the molecule is CS(=O)(=O)CC1(CC(=O)N2CCCCCCC2)CC1. The van der Waals surface area contributed by atoms with E-state index >= 15 is 0 Å². The van der Waals surface area contributed by atoms with Crippen LogP contribution in [0.1, 0.15) is 51.4 Å². The summed E-state index contributed by atoms with van der Waals surface area (Å²) in [5.74, 6) is 0.350. The standard InChI is InChI=1S/C14H25NO3S/c1-19(17,18)12-14(7-8-14)11-13(16)15-9-5-3-2-4-6-10-15/h2-12H2,1H3. The molecule has 1 amide bonds. The number of nitrogens with zero attached hydrogens (tertiary/aromatic N) is 1. The molecule has 0 unspecified atom stereocenters. The summed E-state index contributed by atoms with van der Waals surface area (Å²) in [5, 5.41) is 0. The molecule has 0 radical (unpaired) electrons. The third kappa shape index (κ3) is 4.79. The quantitative estimate of drug-likeness (QED) is 0.794. The van der Waals surface area contributed by atoms with Crippen molar-refractivity contribution in [3.63, 3.8) is 0 Å². The summed E-state index contributed by atoms with van der Waals surface area (Å²) in [6.45, 7) is 1.71. The third-order valence-electron chi connectivity index (χ3n) is 4.26. The van der Waals surface area contributed by atoms with Crippen LogP contribution >= 0.6 is 0 Å². The molecular formula is C14H25NO3S. The highest BCUT2D eigenvalue weighted by Gasteiger charge is 2.47. The first-order valence-electron chi connectivity index (χ1n) is 7.36. The second-order valence-corrected chi connectivity index (χ2v) is 8.54. The Kier molecular flexibility index (Phi) is 4.54. The van der Waals surface area contributed by atoms with Gasteiger partial charge in [-0.2, -0.15) is 0 Å². The van der Waals surface area contributed by atoms with Crippen molar-refractivity contribution in [2.45, 2.75) is 51.4 Å². The molecule has 1 heterocycles. The van der Waals surface area contributed by atoms with E-state index in [-0.39, 0.29) is 17.1 Å². The number of sulfone groups is 1. The normalized spacial score (nSPS) is 23.5. The molecule has 2 rings (SSSR count). The first kappa shape index (κ1) is 14.8. The van der Waals surface area contributed by atoms with Crippen molar-refractivity contribution in [1.82, 2.24) is 4.90 Å². The Balaban J connectivity index is 1.89. The van der Waals surface area contributed by atoms with Crippen LogP contribution in [0.2, 0.25) is 0 Å². The molecular weight excluding hydrogens is 262 g/mol. The van der Waals surface area contributed by atoms with E-state index in [0.29, 0.717) is 6.42 Å². The van der Waals surface area contributed by atoms with E-state index in [1.807, 2.05) is 4.90 Å². The Hall–Kier alpha value is -0.580. The fraction of sp³-hybridized carbons (Fsp3) is 0.929. The number of carbonyl (C=O) groups is 1. The lowest BCUT2D eigenvalue weighted by molar-refractivity contribution is -0.132. The van der Waals surface area contributed by atoms with Crippen LogP contribution in [-0.4, -0.2) is 44.3 Å². The molecule has 2 fully saturated rings. The van der Waals surface area contributed by atoms with Crippen LogP contribution in [0.15, 0.2) is 0 Å². The van der Waals surface area contributed by atoms with E-state index in [4.69, 9.17) is 0 Å². The minimum absolute atomic E-state index is 0.169. The van der Waals surface area contributed by atoms with Crippen molar-refractivity contribution in [1.29, 1.82) is 0 Å². The van der Waals surface area contributed by atoms with Crippen molar-refractivity contribution in [3.8, 4) is 0 Å². The zero-order valence-electron chi connectivity index (χ0n) is 11.9. The molecule has 1 saturated heterocycles. The number of hydrogen-bond acceptors (Lipinski definition) is 3. The first-order valence-corrected chi connectivity index (χ1v) is 9.42. The van der Waals surface area contributed by atoms with Gasteiger partial charge in [-0.15, -0.1) is 0 Å². The average Bonchev–Trinajstić information content (AvgIpc) is 2.93. The summed E-state index contributed by atoms with van der Waals surface area (Å²) in [6.07, 6.45) is 9.35. The number of likely N-dealkylation sites (tertiary alicyclic amines) is 1. The Morgan fingerprint density at radius 1 is 1.05 bits per heavy atom. The maximum absolute atomic E-state index is 12.3. The molecule has 1 saturated carbocycles. The maximum Gasteiger partial charge on any atom is 0.223 e. The van der Waals surface area contributed by atoms with Gasteiger partial charge in [0.2, 0.25) is 5.91 Å². The molecule has 2 aliphatic rings. The summed E-state index contributed by atoms with van der Waals surface area (Å²) in [4.78, 5) is 14.3. The molecule has 110 valence electrons. The summed E-state index contributed by atoms with van der Waals surface area (Å²) in [7, 11) is -2.98. The topological polar surface area (TPSA) is 54.5 Å². The van der Waals surface area contributed by atoms with Crippen LogP contribution in [0.25, 0.3) is 0 Å².